The van der Waals surface area contributed by atoms with Gasteiger partial charge in [-0.15, -0.1) is 0 Å². The summed E-state index contributed by atoms with van der Waals surface area (Å²) in [5.41, 5.74) is 3.68. The number of pyridine rings is 1. The van der Waals surface area contributed by atoms with Crippen molar-refractivity contribution in [2.24, 2.45) is 0 Å². The Hall–Kier alpha value is -1.64. The van der Waals surface area contributed by atoms with Crippen LogP contribution in [0.25, 0.3) is 0 Å². The predicted molar refractivity (Wildman–Crippen MR) is 68.9 cm³/mol. The molecule has 90 valence electrons. The summed E-state index contributed by atoms with van der Waals surface area (Å²) >= 11 is 0. The van der Waals surface area contributed by atoms with Gasteiger partial charge in [-0.05, 0) is 50.8 Å². The first-order chi connectivity index (χ1) is 8.25. The molecule has 0 spiro atoms. The lowest BCUT2D eigenvalue weighted by molar-refractivity contribution is 0.543. The molecule has 3 heteroatoms. The molecule has 0 unspecified atom stereocenters. The monoisotopic (exact) mass is 229 g/mol. The molecule has 0 aliphatic rings. The minimum Gasteiger partial charge on any atom is -0.270 e. The van der Waals surface area contributed by atoms with Crippen LogP contribution in [0.2, 0.25) is 0 Å². The van der Waals surface area contributed by atoms with E-state index >= 15 is 0 Å². The van der Waals surface area contributed by atoms with Crippen LogP contribution >= 0.6 is 0 Å². The summed E-state index contributed by atoms with van der Waals surface area (Å²) in [6, 6.07) is 6.26. The van der Waals surface area contributed by atoms with E-state index in [-0.39, 0.29) is 0 Å². The third-order valence-electron chi connectivity index (χ3n) is 2.91. The molecule has 0 amide bonds. The van der Waals surface area contributed by atoms with Crippen LogP contribution in [0.3, 0.4) is 0 Å². The quantitative estimate of drug-likeness (QED) is 0.738. The van der Waals surface area contributed by atoms with Gasteiger partial charge in [0.15, 0.2) is 0 Å². The van der Waals surface area contributed by atoms with Crippen LogP contribution in [0.5, 0.6) is 0 Å². The van der Waals surface area contributed by atoms with E-state index in [1.807, 2.05) is 25.4 Å². The molecule has 0 saturated heterocycles. The highest BCUT2D eigenvalue weighted by molar-refractivity contribution is 5.08. The van der Waals surface area contributed by atoms with Crippen LogP contribution < -0.4 is 0 Å². The lowest BCUT2D eigenvalue weighted by atomic mass is 10.1. The number of nitrogens with zero attached hydrogens (tertiary/aromatic N) is 3. The van der Waals surface area contributed by atoms with Crippen LogP contribution in [0.15, 0.2) is 30.6 Å². The molecule has 0 saturated carbocycles. The zero-order chi connectivity index (χ0) is 12.1. The minimum atomic E-state index is 1.01. The molecule has 0 atom stereocenters. The van der Waals surface area contributed by atoms with E-state index in [0.717, 1.165) is 25.1 Å². The highest BCUT2D eigenvalue weighted by Crippen LogP contribution is 2.07. The van der Waals surface area contributed by atoms with Crippen LogP contribution in [-0.4, -0.2) is 14.8 Å². The van der Waals surface area contributed by atoms with Crippen molar-refractivity contribution in [1.82, 2.24) is 14.8 Å². The summed E-state index contributed by atoms with van der Waals surface area (Å²) < 4.78 is 2.10. The minimum absolute atomic E-state index is 1.01. The van der Waals surface area contributed by atoms with Gasteiger partial charge < -0.3 is 0 Å². The normalized spacial score (nSPS) is 10.7. The fourth-order valence-electron chi connectivity index (χ4n) is 2.04. The molecule has 2 heterocycles. The third kappa shape index (κ3) is 3.41. The third-order valence-corrected chi connectivity index (χ3v) is 2.91. The second-order valence-electron chi connectivity index (χ2n) is 4.47. The van der Waals surface area contributed by atoms with Gasteiger partial charge in [0.25, 0.3) is 0 Å². The number of hydrogen-bond donors (Lipinski definition) is 0. The lowest BCUT2D eigenvalue weighted by Crippen LogP contribution is -2.03. The first kappa shape index (κ1) is 11.8. The Morgan fingerprint density at radius 3 is 2.76 bits per heavy atom. The van der Waals surface area contributed by atoms with E-state index < -0.39 is 0 Å². The molecule has 0 bridgehead atoms. The molecule has 2 rings (SSSR count). The molecule has 0 fully saturated rings. The summed E-state index contributed by atoms with van der Waals surface area (Å²) in [6.45, 7) is 5.17. The van der Waals surface area contributed by atoms with E-state index in [0.29, 0.717) is 0 Å². The Morgan fingerprint density at radius 1 is 1.24 bits per heavy atom. The second kappa shape index (κ2) is 5.62. The average Bonchev–Trinajstić information content (AvgIpc) is 2.65. The fourth-order valence-corrected chi connectivity index (χ4v) is 2.04. The van der Waals surface area contributed by atoms with E-state index in [2.05, 4.69) is 33.8 Å². The van der Waals surface area contributed by atoms with Gasteiger partial charge in [-0.2, -0.15) is 5.10 Å². The van der Waals surface area contributed by atoms with Gasteiger partial charge in [0.1, 0.15) is 0 Å². The van der Waals surface area contributed by atoms with Crippen LogP contribution in [-0.2, 0) is 13.0 Å². The van der Waals surface area contributed by atoms with Crippen molar-refractivity contribution < 1.29 is 0 Å². The van der Waals surface area contributed by atoms with Gasteiger partial charge in [0, 0.05) is 24.6 Å². The second-order valence-corrected chi connectivity index (χ2v) is 4.47. The topological polar surface area (TPSA) is 30.7 Å². The van der Waals surface area contributed by atoms with E-state index in [4.69, 9.17) is 0 Å². The number of aromatic nitrogens is 3. The molecule has 0 aromatic carbocycles. The van der Waals surface area contributed by atoms with Crippen molar-refractivity contribution in [3.05, 3.63) is 47.5 Å². The Kier molecular flexibility index (Phi) is 3.91. The van der Waals surface area contributed by atoms with Gasteiger partial charge in [-0.3, -0.25) is 9.67 Å². The van der Waals surface area contributed by atoms with Crippen molar-refractivity contribution in [2.75, 3.05) is 0 Å². The van der Waals surface area contributed by atoms with Gasteiger partial charge in [-0.25, -0.2) is 0 Å². The molecular weight excluding hydrogens is 210 g/mol. The standard InChI is InChI=1S/C14H19N3/c1-12-10-13(2)17(16-12)9-4-3-6-14-7-5-8-15-11-14/h5,7-8,10-11H,3-4,6,9H2,1-2H3. The molecule has 0 radical (unpaired) electrons. The smallest absolute Gasteiger partial charge is 0.0596 e. The maximum atomic E-state index is 4.46. The van der Waals surface area contributed by atoms with Crippen LogP contribution in [0.4, 0.5) is 0 Å². The van der Waals surface area contributed by atoms with Gasteiger partial charge in [0.2, 0.25) is 0 Å². The summed E-state index contributed by atoms with van der Waals surface area (Å²) in [7, 11) is 0. The van der Waals surface area contributed by atoms with Crippen molar-refractivity contribution in [1.29, 1.82) is 0 Å². The first-order valence-corrected chi connectivity index (χ1v) is 6.15. The Morgan fingerprint density at radius 2 is 2.12 bits per heavy atom. The molecule has 2 aromatic heterocycles. The predicted octanol–water partition coefficient (Wildman–Crippen LogP) is 2.92. The average molecular weight is 229 g/mol. The summed E-state index contributed by atoms with van der Waals surface area (Å²) in [5, 5.41) is 4.46. The molecule has 0 N–H and O–H groups in total. The maximum Gasteiger partial charge on any atom is 0.0596 e. The molecular formula is C14H19N3. The number of aryl methyl sites for hydroxylation is 4. The molecule has 2 aromatic rings. The summed E-state index contributed by atoms with van der Waals surface area (Å²) in [6.07, 6.45) is 7.22. The lowest BCUT2D eigenvalue weighted by Gasteiger charge is -2.04. The molecule has 0 aliphatic heterocycles. The van der Waals surface area contributed by atoms with Crippen LogP contribution in [0.1, 0.15) is 29.8 Å². The van der Waals surface area contributed by atoms with Gasteiger partial charge in [0.05, 0.1) is 5.69 Å². The molecule has 3 nitrogen and oxygen atoms in total. The Labute approximate surface area is 103 Å². The van der Waals surface area contributed by atoms with Gasteiger partial charge in [-0.1, -0.05) is 6.07 Å². The zero-order valence-corrected chi connectivity index (χ0v) is 10.6. The maximum absolute atomic E-state index is 4.46. The Balaban J connectivity index is 1.75. The SMILES string of the molecule is Cc1cc(C)n(CCCCc2cccnc2)n1. The van der Waals surface area contributed by atoms with Crippen LogP contribution in [0, 0.1) is 13.8 Å². The van der Waals surface area contributed by atoms with Crippen molar-refractivity contribution in [3.8, 4) is 0 Å². The number of rotatable bonds is 5. The summed E-state index contributed by atoms with van der Waals surface area (Å²) in [4.78, 5) is 4.12. The highest BCUT2D eigenvalue weighted by Gasteiger charge is 2.00. The van der Waals surface area contributed by atoms with E-state index in [9.17, 15) is 0 Å². The Bertz CT molecular complexity index is 460. The zero-order valence-electron chi connectivity index (χ0n) is 10.6. The first-order valence-electron chi connectivity index (χ1n) is 6.15. The highest BCUT2D eigenvalue weighted by atomic mass is 15.3. The van der Waals surface area contributed by atoms with E-state index in [1.54, 1.807) is 0 Å². The number of unbranched alkanes of at least 4 members (excludes halogenated alkanes) is 1. The number of hydrogen-bond acceptors (Lipinski definition) is 2. The van der Waals surface area contributed by atoms with Crippen molar-refractivity contribution in [2.45, 2.75) is 39.7 Å². The van der Waals surface area contributed by atoms with Gasteiger partial charge >= 0.3 is 0 Å². The summed E-state index contributed by atoms with van der Waals surface area (Å²) in [5.74, 6) is 0. The largest absolute Gasteiger partial charge is 0.270 e. The van der Waals surface area contributed by atoms with Crippen molar-refractivity contribution >= 4 is 0 Å². The fraction of sp³-hybridized carbons (Fsp3) is 0.429. The molecule has 17 heavy (non-hydrogen) atoms. The molecule has 0 aliphatic carbocycles. The van der Waals surface area contributed by atoms with Crippen molar-refractivity contribution in [3.63, 3.8) is 0 Å². The van der Waals surface area contributed by atoms with E-state index in [1.165, 1.54) is 17.7 Å².